The molecule has 3 N–H and O–H groups in total. The third-order valence-corrected chi connectivity index (χ3v) is 2.71. The summed E-state index contributed by atoms with van der Waals surface area (Å²) in [6, 6.07) is -0.671. The lowest BCUT2D eigenvalue weighted by atomic mass is 10.2. The number of nitrogens with one attached hydrogen (secondary N) is 1. The lowest BCUT2D eigenvalue weighted by Crippen LogP contribution is -2.44. The average Bonchev–Trinajstić information content (AvgIpc) is 2.15. The van der Waals surface area contributed by atoms with Crippen LogP contribution in [0.1, 0.15) is 19.8 Å². The fourth-order valence-corrected chi connectivity index (χ4v) is 1.67. The van der Waals surface area contributed by atoms with Crippen LogP contribution in [0, 0.1) is 12.3 Å². The van der Waals surface area contributed by atoms with Crippen LogP contribution in [0.2, 0.25) is 0 Å². The molecule has 15 heavy (non-hydrogen) atoms. The van der Waals surface area contributed by atoms with Gasteiger partial charge >= 0.3 is 0 Å². The standard InChI is InChI=1S/C10H18N2O2S/c1-4-5-9(11)10(13)12-8(2)6-7-15(3)14/h1,8-9H,5-7,11H2,2-3H3,(H,12,13). The third kappa shape index (κ3) is 7.11. The van der Waals surface area contributed by atoms with E-state index in [4.69, 9.17) is 12.2 Å². The van der Waals surface area contributed by atoms with Crippen LogP contribution in [-0.2, 0) is 15.6 Å². The molecule has 1 amide bonds. The number of carbonyl (C=O) groups excluding carboxylic acids is 1. The summed E-state index contributed by atoms with van der Waals surface area (Å²) in [7, 11) is -0.830. The van der Waals surface area contributed by atoms with Crippen molar-refractivity contribution < 1.29 is 9.00 Å². The average molecular weight is 230 g/mol. The molecule has 3 atom stereocenters. The van der Waals surface area contributed by atoms with Gasteiger partial charge in [-0.1, -0.05) is 0 Å². The van der Waals surface area contributed by atoms with Gasteiger partial charge in [0.05, 0.1) is 6.04 Å². The minimum Gasteiger partial charge on any atom is -0.352 e. The largest absolute Gasteiger partial charge is 0.352 e. The Morgan fingerprint density at radius 3 is 2.73 bits per heavy atom. The van der Waals surface area contributed by atoms with Gasteiger partial charge in [-0.05, 0) is 13.3 Å². The first kappa shape index (κ1) is 14.1. The van der Waals surface area contributed by atoms with E-state index in [9.17, 15) is 9.00 Å². The van der Waals surface area contributed by atoms with Crippen molar-refractivity contribution in [3.63, 3.8) is 0 Å². The number of terminal acetylenes is 1. The maximum absolute atomic E-state index is 11.4. The van der Waals surface area contributed by atoms with E-state index in [-0.39, 0.29) is 18.4 Å². The second kappa shape index (κ2) is 7.43. The molecule has 0 aliphatic rings. The van der Waals surface area contributed by atoms with E-state index in [2.05, 4.69) is 11.2 Å². The Morgan fingerprint density at radius 2 is 2.27 bits per heavy atom. The summed E-state index contributed by atoms with van der Waals surface area (Å²) in [4.78, 5) is 11.4. The van der Waals surface area contributed by atoms with Crippen LogP contribution in [0.5, 0.6) is 0 Å². The number of carbonyl (C=O) groups is 1. The lowest BCUT2D eigenvalue weighted by Gasteiger charge is -2.15. The first-order chi connectivity index (χ1) is 6.97. The van der Waals surface area contributed by atoms with Gasteiger partial charge in [0.15, 0.2) is 0 Å². The van der Waals surface area contributed by atoms with Gasteiger partial charge < -0.3 is 11.1 Å². The molecule has 3 unspecified atom stereocenters. The molecule has 0 heterocycles. The minimum absolute atomic E-state index is 0.0229. The van der Waals surface area contributed by atoms with E-state index >= 15 is 0 Å². The molecular weight excluding hydrogens is 212 g/mol. The summed E-state index contributed by atoms with van der Waals surface area (Å²) in [6.45, 7) is 1.85. The zero-order valence-electron chi connectivity index (χ0n) is 9.16. The number of nitrogens with two attached hydrogens (primary N) is 1. The Morgan fingerprint density at radius 1 is 1.67 bits per heavy atom. The lowest BCUT2D eigenvalue weighted by molar-refractivity contribution is -0.122. The second-order valence-electron chi connectivity index (χ2n) is 3.49. The predicted octanol–water partition coefficient (Wildman–Crippen LogP) is -0.390. The van der Waals surface area contributed by atoms with Gasteiger partial charge in [-0.25, -0.2) is 0 Å². The zero-order chi connectivity index (χ0) is 11.8. The van der Waals surface area contributed by atoms with Crippen molar-refractivity contribution in [2.75, 3.05) is 12.0 Å². The Labute approximate surface area is 93.4 Å². The molecular formula is C10H18N2O2S. The molecule has 0 saturated carbocycles. The summed E-state index contributed by atoms with van der Waals surface area (Å²) in [5.74, 6) is 2.66. The van der Waals surface area contributed by atoms with Crippen molar-refractivity contribution >= 4 is 16.7 Å². The summed E-state index contributed by atoms with van der Waals surface area (Å²) in [5.41, 5.74) is 5.52. The topological polar surface area (TPSA) is 72.2 Å². The van der Waals surface area contributed by atoms with Crippen LogP contribution in [0.4, 0.5) is 0 Å². The highest BCUT2D eigenvalue weighted by atomic mass is 32.2. The second-order valence-corrected chi connectivity index (χ2v) is 5.05. The van der Waals surface area contributed by atoms with E-state index in [1.54, 1.807) is 6.26 Å². The van der Waals surface area contributed by atoms with Gasteiger partial charge in [-0.15, -0.1) is 12.3 Å². The van der Waals surface area contributed by atoms with Gasteiger partial charge in [-0.2, -0.15) is 0 Å². The van der Waals surface area contributed by atoms with E-state index in [1.807, 2.05) is 6.92 Å². The third-order valence-electron chi connectivity index (χ3n) is 1.90. The highest BCUT2D eigenvalue weighted by molar-refractivity contribution is 7.84. The summed E-state index contributed by atoms with van der Waals surface area (Å²) in [5, 5.41) is 2.73. The number of amides is 1. The quantitative estimate of drug-likeness (QED) is 0.610. The molecule has 0 bridgehead atoms. The number of rotatable bonds is 6. The molecule has 5 heteroatoms. The van der Waals surface area contributed by atoms with E-state index < -0.39 is 16.8 Å². The molecule has 0 aromatic heterocycles. The molecule has 0 saturated heterocycles. The van der Waals surface area contributed by atoms with Crippen LogP contribution in [0.3, 0.4) is 0 Å². The molecule has 0 aromatic carbocycles. The Balaban J connectivity index is 3.86. The van der Waals surface area contributed by atoms with Crippen LogP contribution in [-0.4, -0.2) is 34.2 Å². The van der Waals surface area contributed by atoms with E-state index in [0.29, 0.717) is 12.2 Å². The molecule has 0 spiro atoms. The highest BCUT2D eigenvalue weighted by Gasteiger charge is 2.14. The zero-order valence-corrected chi connectivity index (χ0v) is 9.97. The predicted molar refractivity (Wildman–Crippen MR) is 62.6 cm³/mol. The fraction of sp³-hybridized carbons (Fsp3) is 0.700. The molecule has 86 valence electrons. The monoisotopic (exact) mass is 230 g/mol. The van der Waals surface area contributed by atoms with Crippen LogP contribution in [0.15, 0.2) is 0 Å². The maximum atomic E-state index is 11.4. The van der Waals surface area contributed by atoms with Crippen molar-refractivity contribution in [2.45, 2.75) is 31.8 Å². The first-order valence-electron chi connectivity index (χ1n) is 4.76. The molecule has 0 fully saturated rings. The molecule has 0 aromatic rings. The summed E-state index contributed by atoms with van der Waals surface area (Å²) in [6.07, 6.45) is 7.60. The Hall–Kier alpha value is -0.860. The number of hydrogen-bond donors (Lipinski definition) is 2. The van der Waals surface area contributed by atoms with Crippen molar-refractivity contribution in [1.29, 1.82) is 0 Å². The van der Waals surface area contributed by atoms with Crippen LogP contribution in [0.25, 0.3) is 0 Å². The van der Waals surface area contributed by atoms with E-state index in [0.717, 1.165) is 0 Å². The Bertz CT molecular complexity index is 273. The van der Waals surface area contributed by atoms with E-state index in [1.165, 1.54) is 0 Å². The van der Waals surface area contributed by atoms with Crippen molar-refractivity contribution in [2.24, 2.45) is 5.73 Å². The van der Waals surface area contributed by atoms with Gasteiger partial charge in [0.1, 0.15) is 0 Å². The smallest absolute Gasteiger partial charge is 0.238 e. The highest BCUT2D eigenvalue weighted by Crippen LogP contribution is 1.94. The normalized spacial score (nSPS) is 16.1. The van der Waals surface area contributed by atoms with Crippen LogP contribution >= 0.6 is 0 Å². The maximum Gasteiger partial charge on any atom is 0.238 e. The Kier molecular flexibility index (Phi) is 7.01. The summed E-state index contributed by atoms with van der Waals surface area (Å²) < 4.78 is 10.8. The summed E-state index contributed by atoms with van der Waals surface area (Å²) >= 11 is 0. The van der Waals surface area contributed by atoms with Crippen LogP contribution < -0.4 is 11.1 Å². The fourth-order valence-electron chi connectivity index (χ4n) is 0.984. The van der Waals surface area contributed by atoms with Gasteiger partial charge in [0, 0.05) is 35.3 Å². The van der Waals surface area contributed by atoms with Crippen molar-refractivity contribution in [1.82, 2.24) is 5.32 Å². The molecule has 0 radical (unpaired) electrons. The molecule has 0 aliphatic heterocycles. The SMILES string of the molecule is C#CCC(N)C(=O)NC(C)CCS(C)=O. The number of hydrogen-bond acceptors (Lipinski definition) is 3. The minimum atomic E-state index is -0.830. The molecule has 4 nitrogen and oxygen atoms in total. The van der Waals surface area contributed by atoms with Crippen molar-refractivity contribution in [3.8, 4) is 12.3 Å². The van der Waals surface area contributed by atoms with Gasteiger partial charge in [0.25, 0.3) is 0 Å². The van der Waals surface area contributed by atoms with Gasteiger partial charge in [0.2, 0.25) is 5.91 Å². The first-order valence-corrected chi connectivity index (χ1v) is 6.49. The molecule has 0 aliphatic carbocycles. The molecule has 0 rings (SSSR count). The van der Waals surface area contributed by atoms with Crippen molar-refractivity contribution in [3.05, 3.63) is 0 Å². The van der Waals surface area contributed by atoms with Gasteiger partial charge in [-0.3, -0.25) is 9.00 Å².